The molecule has 3 heterocycles. The predicted molar refractivity (Wildman–Crippen MR) is 100 cm³/mol. The number of fused-ring (bicyclic) bond motifs is 2. The summed E-state index contributed by atoms with van der Waals surface area (Å²) in [4.78, 5) is 28.9. The number of carbonyl (C=O) groups excluding carboxylic acids is 1. The van der Waals surface area contributed by atoms with Crippen LogP contribution >= 0.6 is 12.2 Å². The molecule has 1 fully saturated rings. The lowest BCUT2D eigenvalue weighted by Gasteiger charge is -2.30. The molecule has 1 unspecified atom stereocenters. The minimum atomic E-state index is -4.88. The molecule has 2 aliphatic heterocycles. The van der Waals surface area contributed by atoms with Crippen molar-refractivity contribution in [1.82, 2.24) is 9.88 Å². The third kappa shape index (κ3) is 3.25. The van der Waals surface area contributed by atoms with E-state index in [0.717, 1.165) is 23.2 Å². The normalized spacial score (nSPS) is 18.0. The molecule has 8 nitrogen and oxygen atoms in total. The molecule has 0 N–H and O–H groups in total. The summed E-state index contributed by atoms with van der Waals surface area (Å²) in [5.74, 6) is -1.69. The van der Waals surface area contributed by atoms with Crippen molar-refractivity contribution in [2.45, 2.75) is 25.2 Å². The number of hydrogen-bond acceptors (Lipinski definition) is 6. The molecule has 0 bridgehead atoms. The van der Waals surface area contributed by atoms with Gasteiger partial charge in [0, 0.05) is 19.0 Å². The molecular formula is C18H9F4N5O3S. The summed E-state index contributed by atoms with van der Waals surface area (Å²) in [7, 11) is 0. The Morgan fingerprint density at radius 1 is 1.29 bits per heavy atom. The molecule has 1 amide bonds. The van der Waals surface area contributed by atoms with Gasteiger partial charge >= 0.3 is 11.9 Å². The number of nitro benzene ring substituents is 1. The lowest BCUT2D eigenvalue weighted by molar-refractivity contribution is -0.387. The van der Waals surface area contributed by atoms with Crippen molar-refractivity contribution in [3.8, 4) is 6.07 Å². The van der Waals surface area contributed by atoms with Gasteiger partial charge in [-0.3, -0.25) is 19.8 Å². The Morgan fingerprint density at radius 3 is 2.61 bits per heavy atom. The highest BCUT2D eigenvalue weighted by molar-refractivity contribution is 7.80. The van der Waals surface area contributed by atoms with Crippen LogP contribution in [0.5, 0.6) is 0 Å². The number of rotatable bonds is 2. The Balaban J connectivity index is 1.73. The first-order chi connectivity index (χ1) is 14.5. The molecule has 31 heavy (non-hydrogen) atoms. The van der Waals surface area contributed by atoms with Gasteiger partial charge in [-0.25, -0.2) is 4.98 Å². The van der Waals surface area contributed by atoms with Gasteiger partial charge in [-0.2, -0.15) is 22.8 Å². The zero-order chi connectivity index (χ0) is 22.7. The van der Waals surface area contributed by atoms with Crippen molar-refractivity contribution in [3.05, 3.63) is 62.7 Å². The average Bonchev–Trinajstić information content (AvgIpc) is 2.94. The second-order valence-electron chi connectivity index (χ2n) is 6.83. The zero-order valence-corrected chi connectivity index (χ0v) is 16.0. The molecule has 0 radical (unpaired) electrons. The maximum Gasteiger partial charge on any atom is 0.419 e. The second kappa shape index (κ2) is 6.95. The van der Waals surface area contributed by atoms with Gasteiger partial charge in [0.15, 0.2) is 10.8 Å². The first-order valence-electron chi connectivity index (χ1n) is 8.60. The van der Waals surface area contributed by atoms with Crippen LogP contribution in [0.1, 0.15) is 22.4 Å². The van der Waals surface area contributed by atoms with Crippen molar-refractivity contribution >= 4 is 34.6 Å². The van der Waals surface area contributed by atoms with Crippen LogP contribution < -0.4 is 4.90 Å². The Hall–Kier alpha value is -3.66. The van der Waals surface area contributed by atoms with E-state index in [1.807, 2.05) is 0 Å². The molecule has 13 heteroatoms. The molecule has 1 atom stereocenters. The van der Waals surface area contributed by atoms with E-state index in [2.05, 4.69) is 4.98 Å². The SMILES string of the molecule is N#Cc1ncc(N2C(=O)C3Cc4cc(F)c([N+](=O)[O-])cc4CN3C2=S)cc1C(F)(F)F. The number of aromatic nitrogens is 1. The number of nitro groups is 1. The largest absolute Gasteiger partial charge is 0.419 e. The molecule has 0 spiro atoms. The van der Waals surface area contributed by atoms with Crippen molar-refractivity contribution in [1.29, 1.82) is 5.26 Å². The van der Waals surface area contributed by atoms with Crippen LogP contribution in [0.4, 0.5) is 28.9 Å². The Kier molecular flexibility index (Phi) is 4.62. The van der Waals surface area contributed by atoms with E-state index in [1.54, 1.807) is 0 Å². The monoisotopic (exact) mass is 451 g/mol. The van der Waals surface area contributed by atoms with Crippen molar-refractivity contribution in [2.24, 2.45) is 0 Å². The standard InChI is InChI=1S/C18H9F4N5O3S/c19-12-1-8-2-15-16(28)26(10-4-11(18(20,21)22)13(5-23)24-6-10)17(31)25(15)7-9(8)3-14(12)27(29)30/h1,3-4,6,15H,2,7H2. The van der Waals surface area contributed by atoms with Gasteiger partial charge in [0.1, 0.15) is 12.1 Å². The number of pyridine rings is 1. The molecule has 1 aromatic heterocycles. The molecule has 158 valence electrons. The summed E-state index contributed by atoms with van der Waals surface area (Å²) in [5, 5.41) is 19.8. The zero-order valence-electron chi connectivity index (χ0n) is 15.2. The van der Waals surface area contributed by atoms with Crippen LogP contribution in [0.3, 0.4) is 0 Å². The first kappa shape index (κ1) is 20.6. The minimum Gasteiger partial charge on any atom is -0.332 e. The summed E-state index contributed by atoms with van der Waals surface area (Å²) in [6, 6.07) is 3.10. The van der Waals surface area contributed by atoms with Crippen LogP contribution in [0, 0.1) is 27.3 Å². The van der Waals surface area contributed by atoms with Crippen LogP contribution in [0.15, 0.2) is 24.4 Å². The number of benzene rings is 1. The second-order valence-corrected chi connectivity index (χ2v) is 7.20. The topological polar surface area (TPSA) is 103 Å². The number of halogens is 4. The molecule has 0 aliphatic carbocycles. The number of amides is 1. The van der Waals surface area contributed by atoms with E-state index in [1.165, 1.54) is 11.0 Å². The van der Waals surface area contributed by atoms with E-state index in [0.29, 0.717) is 17.2 Å². The number of alkyl halides is 3. The molecule has 1 aromatic carbocycles. The van der Waals surface area contributed by atoms with Gasteiger partial charge in [0.2, 0.25) is 5.82 Å². The Morgan fingerprint density at radius 2 is 2.00 bits per heavy atom. The maximum absolute atomic E-state index is 14.0. The highest BCUT2D eigenvalue weighted by atomic mass is 32.1. The lowest BCUT2D eigenvalue weighted by atomic mass is 9.94. The fourth-order valence-electron chi connectivity index (χ4n) is 3.65. The molecule has 0 saturated carbocycles. The van der Waals surface area contributed by atoms with E-state index < -0.39 is 45.8 Å². The fourth-order valence-corrected chi connectivity index (χ4v) is 4.03. The van der Waals surface area contributed by atoms with E-state index >= 15 is 0 Å². The summed E-state index contributed by atoms with van der Waals surface area (Å²) < 4.78 is 53.8. The molecule has 4 rings (SSSR count). The quantitative estimate of drug-likeness (QED) is 0.299. The molecule has 1 saturated heterocycles. The number of thiocarbonyl (C=S) groups is 1. The lowest BCUT2D eigenvalue weighted by Crippen LogP contribution is -2.40. The van der Waals surface area contributed by atoms with E-state index in [-0.39, 0.29) is 23.8 Å². The van der Waals surface area contributed by atoms with E-state index in [4.69, 9.17) is 17.5 Å². The van der Waals surface area contributed by atoms with Crippen molar-refractivity contribution in [2.75, 3.05) is 4.90 Å². The third-order valence-corrected chi connectivity index (χ3v) is 5.50. The number of nitrogens with zero attached hydrogens (tertiary/aromatic N) is 5. The Bertz CT molecular complexity index is 1210. The predicted octanol–water partition coefficient (Wildman–Crippen LogP) is 3.08. The van der Waals surface area contributed by atoms with Gasteiger partial charge in [-0.1, -0.05) is 0 Å². The van der Waals surface area contributed by atoms with Gasteiger partial charge in [0.05, 0.1) is 22.4 Å². The highest BCUT2D eigenvalue weighted by Gasteiger charge is 2.47. The van der Waals surface area contributed by atoms with Crippen LogP contribution in [-0.2, 0) is 23.9 Å². The molecule has 2 aromatic rings. The van der Waals surface area contributed by atoms with Crippen LogP contribution in [0.25, 0.3) is 0 Å². The van der Waals surface area contributed by atoms with Gasteiger partial charge in [-0.15, -0.1) is 0 Å². The van der Waals surface area contributed by atoms with Gasteiger partial charge in [-0.05, 0) is 35.5 Å². The van der Waals surface area contributed by atoms with Crippen molar-refractivity contribution < 1.29 is 27.3 Å². The molecule has 2 aliphatic rings. The summed E-state index contributed by atoms with van der Waals surface area (Å²) in [5.41, 5.74) is -2.39. The van der Waals surface area contributed by atoms with Gasteiger partial charge in [0.25, 0.3) is 5.91 Å². The van der Waals surface area contributed by atoms with E-state index in [9.17, 15) is 32.5 Å². The van der Waals surface area contributed by atoms with Crippen LogP contribution in [0.2, 0.25) is 0 Å². The number of hydrogen-bond donors (Lipinski definition) is 0. The maximum atomic E-state index is 14.0. The summed E-state index contributed by atoms with van der Waals surface area (Å²) in [6.45, 7) is -0.0575. The minimum absolute atomic E-state index is 0.0322. The highest BCUT2D eigenvalue weighted by Crippen LogP contribution is 2.38. The van der Waals surface area contributed by atoms with Gasteiger partial charge < -0.3 is 4.90 Å². The van der Waals surface area contributed by atoms with Crippen molar-refractivity contribution in [3.63, 3.8) is 0 Å². The smallest absolute Gasteiger partial charge is 0.332 e. The number of nitriles is 1. The molecular weight excluding hydrogens is 442 g/mol. The first-order valence-corrected chi connectivity index (χ1v) is 9.01. The summed E-state index contributed by atoms with van der Waals surface area (Å²) >= 11 is 5.28. The third-order valence-electron chi connectivity index (χ3n) is 5.08. The average molecular weight is 451 g/mol. The number of anilines is 1. The number of carbonyl (C=O) groups is 1. The van der Waals surface area contributed by atoms with Crippen LogP contribution in [-0.4, -0.2) is 31.9 Å². The Labute approximate surface area is 176 Å². The summed E-state index contributed by atoms with van der Waals surface area (Å²) in [6.07, 6.45) is -3.97. The fraction of sp³-hybridized carbons (Fsp3) is 0.222.